The van der Waals surface area contributed by atoms with Crippen molar-refractivity contribution in [2.24, 2.45) is 0 Å². The van der Waals surface area contributed by atoms with Gasteiger partial charge in [-0.05, 0) is 52.5 Å². The number of carbonyl (C=O) groups is 2. The Morgan fingerprint density at radius 1 is 1.35 bits per heavy atom. The molecule has 1 amide bonds. The highest BCUT2D eigenvalue weighted by molar-refractivity contribution is 9.10. The van der Waals surface area contributed by atoms with E-state index in [0.29, 0.717) is 15.2 Å². The van der Waals surface area contributed by atoms with Gasteiger partial charge in [-0.25, -0.2) is 9.18 Å². The summed E-state index contributed by atoms with van der Waals surface area (Å²) in [5.41, 5.74) is 0.279. The quantitative estimate of drug-likeness (QED) is 0.772. The van der Waals surface area contributed by atoms with Crippen LogP contribution in [0.5, 0.6) is 5.75 Å². The Bertz CT molecular complexity index is 734. The maximum absolute atomic E-state index is 13.0. The smallest absolute Gasteiger partial charge is 0.340 e. The number of benzene rings is 1. The molecule has 0 saturated carbocycles. The molecule has 1 atom stereocenters. The molecule has 1 aromatic carbocycles. The molecule has 0 radical (unpaired) electrons. The second-order valence-corrected chi connectivity index (χ2v) is 6.25. The fourth-order valence-electron chi connectivity index (χ4n) is 1.71. The van der Waals surface area contributed by atoms with E-state index in [4.69, 9.17) is 4.74 Å². The summed E-state index contributed by atoms with van der Waals surface area (Å²) in [6.45, 7) is 1.55. The molecule has 0 fully saturated rings. The molecular formula is C15H13BrFNO4S. The lowest BCUT2D eigenvalue weighted by Crippen LogP contribution is -2.30. The number of anilines is 1. The van der Waals surface area contributed by atoms with Crippen LogP contribution >= 0.6 is 27.3 Å². The number of amides is 1. The molecule has 2 aromatic rings. The first-order chi connectivity index (χ1) is 10.9. The molecule has 1 unspecified atom stereocenters. The van der Waals surface area contributed by atoms with E-state index < -0.39 is 23.8 Å². The van der Waals surface area contributed by atoms with Gasteiger partial charge in [0, 0.05) is 0 Å². The van der Waals surface area contributed by atoms with Crippen LogP contribution in [-0.2, 0) is 9.53 Å². The zero-order valence-electron chi connectivity index (χ0n) is 12.3. The van der Waals surface area contributed by atoms with E-state index in [1.807, 2.05) is 0 Å². The van der Waals surface area contributed by atoms with Crippen molar-refractivity contribution in [1.82, 2.24) is 0 Å². The van der Waals surface area contributed by atoms with Crippen LogP contribution in [0.3, 0.4) is 0 Å². The lowest BCUT2D eigenvalue weighted by molar-refractivity contribution is -0.122. The van der Waals surface area contributed by atoms with Gasteiger partial charge >= 0.3 is 5.97 Å². The van der Waals surface area contributed by atoms with Gasteiger partial charge in [0.2, 0.25) is 0 Å². The van der Waals surface area contributed by atoms with Crippen LogP contribution in [0.25, 0.3) is 0 Å². The monoisotopic (exact) mass is 401 g/mol. The number of hydrogen-bond acceptors (Lipinski definition) is 5. The van der Waals surface area contributed by atoms with Crippen molar-refractivity contribution in [1.29, 1.82) is 0 Å². The van der Waals surface area contributed by atoms with E-state index in [1.54, 1.807) is 18.4 Å². The molecule has 122 valence electrons. The molecule has 0 aliphatic rings. The molecule has 0 saturated heterocycles. The van der Waals surface area contributed by atoms with Crippen LogP contribution in [0.1, 0.15) is 17.3 Å². The summed E-state index contributed by atoms with van der Waals surface area (Å²) >= 11 is 4.37. The highest BCUT2D eigenvalue weighted by Gasteiger charge is 2.20. The van der Waals surface area contributed by atoms with Crippen LogP contribution in [0.15, 0.2) is 34.1 Å². The minimum Gasteiger partial charge on any atom is -0.480 e. The van der Waals surface area contributed by atoms with Crippen LogP contribution in [0.2, 0.25) is 0 Å². The highest BCUT2D eigenvalue weighted by Crippen LogP contribution is 2.27. The van der Waals surface area contributed by atoms with Crippen LogP contribution in [-0.4, -0.2) is 25.1 Å². The van der Waals surface area contributed by atoms with E-state index in [9.17, 15) is 14.0 Å². The molecule has 2 rings (SSSR count). The topological polar surface area (TPSA) is 64.6 Å². The number of thiophene rings is 1. The molecule has 0 aliphatic carbocycles. The fraction of sp³-hybridized carbons (Fsp3) is 0.200. The number of methoxy groups -OCH3 is 1. The molecule has 1 heterocycles. The number of hydrogen-bond donors (Lipinski definition) is 1. The number of carbonyl (C=O) groups excluding carboxylic acids is 2. The summed E-state index contributed by atoms with van der Waals surface area (Å²) in [5.74, 6) is -1.04. The van der Waals surface area contributed by atoms with Crippen molar-refractivity contribution in [2.45, 2.75) is 13.0 Å². The third-order valence-electron chi connectivity index (χ3n) is 2.87. The van der Waals surface area contributed by atoms with E-state index >= 15 is 0 Å². The van der Waals surface area contributed by atoms with E-state index in [2.05, 4.69) is 26.0 Å². The van der Waals surface area contributed by atoms with E-state index in [-0.39, 0.29) is 5.56 Å². The van der Waals surface area contributed by atoms with Crippen LogP contribution in [0.4, 0.5) is 9.39 Å². The second-order valence-electron chi connectivity index (χ2n) is 4.48. The minimum absolute atomic E-state index is 0.279. The fourth-order valence-corrected chi connectivity index (χ4v) is 2.93. The maximum atomic E-state index is 13.0. The predicted octanol–water partition coefficient (Wildman–Crippen LogP) is 3.84. The zero-order valence-corrected chi connectivity index (χ0v) is 14.7. The lowest BCUT2D eigenvalue weighted by atomic mass is 10.3. The van der Waals surface area contributed by atoms with Gasteiger partial charge in [0.15, 0.2) is 6.10 Å². The molecule has 23 heavy (non-hydrogen) atoms. The number of ether oxygens (including phenoxy) is 2. The Morgan fingerprint density at radius 3 is 2.74 bits per heavy atom. The van der Waals surface area contributed by atoms with Gasteiger partial charge in [-0.3, -0.25) is 4.79 Å². The van der Waals surface area contributed by atoms with Crippen molar-refractivity contribution in [3.63, 3.8) is 0 Å². The Hall–Kier alpha value is -1.93. The standard InChI is InChI=1S/C15H13BrFNO4S/c1-8(22-12-4-3-9(17)7-11(12)16)13(19)18-14-10(5-6-23-14)15(20)21-2/h3-8H,1-2H3,(H,18,19). The number of esters is 1. The van der Waals surface area contributed by atoms with Gasteiger partial charge in [0.25, 0.3) is 5.91 Å². The average Bonchev–Trinajstić information content (AvgIpc) is 2.97. The van der Waals surface area contributed by atoms with Gasteiger partial charge in [-0.1, -0.05) is 0 Å². The van der Waals surface area contributed by atoms with Gasteiger partial charge in [-0.15, -0.1) is 11.3 Å². The summed E-state index contributed by atoms with van der Waals surface area (Å²) in [6, 6.07) is 5.47. The van der Waals surface area contributed by atoms with Gasteiger partial charge in [-0.2, -0.15) is 0 Å². The molecular weight excluding hydrogens is 389 g/mol. The molecule has 1 N–H and O–H groups in total. The Morgan fingerprint density at radius 2 is 2.09 bits per heavy atom. The summed E-state index contributed by atoms with van der Waals surface area (Å²) in [4.78, 5) is 23.8. The minimum atomic E-state index is -0.843. The van der Waals surface area contributed by atoms with E-state index in [1.165, 1.54) is 36.6 Å². The Kier molecular flexibility index (Phi) is 5.73. The first-order valence-electron chi connectivity index (χ1n) is 6.50. The molecule has 1 aromatic heterocycles. The van der Waals surface area contributed by atoms with E-state index in [0.717, 1.165) is 0 Å². The van der Waals surface area contributed by atoms with Crippen molar-refractivity contribution < 1.29 is 23.5 Å². The maximum Gasteiger partial charge on any atom is 0.340 e. The third-order valence-corrected chi connectivity index (χ3v) is 4.32. The Balaban J connectivity index is 2.06. The normalized spacial score (nSPS) is 11.7. The summed E-state index contributed by atoms with van der Waals surface area (Å²) in [5, 5.41) is 4.68. The third kappa shape index (κ3) is 4.29. The largest absolute Gasteiger partial charge is 0.480 e. The lowest BCUT2D eigenvalue weighted by Gasteiger charge is -2.15. The van der Waals surface area contributed by atoms with Crippen molar-refractivity contribution in [3.05, 3.63) is 45.5 Å². The first-order valence-corrected chi connectivity index (χ1v) is 8.18. The molecule has 5 nitrogen and oxygen atoms in total. The zero-order chi connectivity index (χ0) is 17.0. The molecule has 0 aliphatic heterocycles. The molecule has 8 heteroatoms. The average molecular weight is 402 g/mol. The van der Waals surface area contributed by atoms with Crippen molar-refractivity contribution in [3.8, 4) is 5.75 Å². The molecule has 0 spiro atoms. The number of nitrogens with one attached hydrogen (secondary N) is 1. The van der Waals surface area contributed by atoms with Gasteiger partial charge in [0.1, 0.15) is 16.6 Å². The SMILES string of the molecule is COC(=O)c1ccsc1NC(=O)C(C)Oc1ccc(F)cc1Br. The predicted molar refractivity (Wildman–Crippen MR) is 88.5 cm³/mol. The summed E-state index contributed by atoms with van der Waals surface area (Å²) in [7, 11) is 1.27. The van der Waals surface area contributed by atoms with Crippen molar-refractivity contribution in [2.75, 3.05) is 12.4 Å². The second kappa shape index (κ2) is 7.56. The summed E-state index contributed by atoms with van der Waals surface area (Å²) in [6.07, 6.45) is -0.843. The van der Waals surface area contributed by atoms with Gasteiger partial charge in [0.05, 0.1) is 17.1 Å². The summed E-state index contributed by atoms with van der Waals surface area (Å²) < 4.78 is 23.6. The first kappa shape index (κ1) is 17.4. The van der Waals surface area contributed by atoms with Crippen LogP contribution < -0.4 is 10.1 Å². The highest BCUT2D eigenvalue weighted by atomic mass is 79.9. The van der Waals surface area contributed by atoms with Crippen molar-refractivity contribution >= 4 is 44.1 Å². The number of halogens is 2. The van der Waals surface area contributed by atoms with Gasteiger partial charge < -0.3 is 14.8 Å². The molecule has 0 bridgehead atoms. The number of rotatable bonds is 5. The Labute approximate surface area is 144 Å². The van der Waals surface area contributed by atoms with Crippen LogP contribution in [0, 0.1) is 5.82 Å².